The lowest BCUT2D eigenvalue weighted by molar-refractivity contribution is -0.141. The second-order valence-electron chi connectivity index (χ2n) is 2.99. The molecule has 0 aromatic heterocycles. The molecule has 1 unspecified atom stereocenters. The van der Waals surface area contributed by atoms with E-state index >= 15 is 0 Å². The van der Waals surface area contributed by atoms with E-state index in [0.717, 1.165) is 6.29 Å². The maximum atomic E-state index is 10.8. The third kappa shape index (κ3) is 7.28. The van der Waals surface area contributed by atoms with Crippen LogP contribution in [0.2, 0.25) is 0 Å². The van der Waals surface area contributed by atoms with Crippen molar-refractivity contribution in [2.75, 3.05) is 20.0 Å². The van der Waals surface area contributed by atoms with Gasteiger partial charge in [-0.15, -0.1) is 0 Å². The van der Waals surface area contributed by atoms with E-state index in [4.69, 9.17) is 0 Å². The quantitative estimate of drug-likeness (QED) is 0.467. The van der Waals surface area contributed by atoms with Crippen LogP contribution in [0.4, 0.5) is 0 Å². The molecule has 0 aliphatic heterocycles. The molecule has 0 saturated heterocycles. The predicted octanol–water partition coefficient (Wildman–Crippen LogP) is 0.803. The van der Waals surface area contributed by atoms with Gasteiger partial charge in [-0.05, 0) is 6.42 Å². The number of methoxy groups -OCH3 is 2. The Morgan fingerprint density at radius 2 is 1.75 bits per heavy atom. The van der Waals surface area contributed by atoms with Crippen LogP contribution in [0.25, 0.3) is 0 Å². The lowest BCUT2D eigenvalue weighted by Crippen LogP contribution is -2.11. The first-order valence-electron chi connectivity index (χ1n) is 4.84. The fraction of sp³-hybridized carbons (Fsp3) is 0.700. The van der Waals surface area contributed by atoms with E-state index in [9.17, 15) is 14.4 Å². The average molecular weight is 248 g/mol. The molecule has 0 aromatic carbocycles. The van der Waals surface area contributed by atoms with Crippen molar-refractivity contribution in [1.82, 2.24) is 0 Å². The normalized spacial score (nSPS) is 11.6. The van der Waals surface area contributed by atoms with Crippen LogP contribution in [0.1, 0.15) is 19.3 Å². The van der Waals surface area contributed by atoms with Crippen LogP contribution in [0.15, 0.2) is 0 Å². The van der Waals surface area contributed by atoms with Gasteiger partial charge in [0.2, 0.25) is 0 Å². The Balaban J connectivity index is 3.71. The molecular formula is C10H16O5S. The second-order valence-corrected chi connectivity index (χ2v) is 4.33. The summed E-state index contributed by atoms with van der Waals surface area (Å²) in [5.41, 5.74) is 0. The minimum absolute atomic E-state index is 0.213. The van der Waals surface area contributed by atoms with Gasteiger partial charge < -0.3 is 14.3 Å². The number of hydrogen-bond donors (Lipinski definition) is 0. The van der Waals surface area contributed by atoms with Crippen LogP contribution in [-0.4, -0.2) is 43.4 Å². The van der Waals surface area contributed by atoms with Gasteiger partial charge in [-0.25, -0.2) is 0 Å². The fourth-order valence-corrected chi connectivity index (χ4v) is 1.90. The first kappa shape index (κ1) is 15.0. The van der Waals surface area contributed by atoms with Crippen molar-refractivity contribution >= 4 is 30.0 Å². The Bertz CT molecular complexity index is 241. The number of thioether (sulfide) groups is 1. The van der Waals surface area contributed by atoms with E-state index in [2.05, 4.69) is 9.47 Å². The van der Waals surface area contributed by atoms with Crippen molar-refractivity contribution in [2.24, 2.45) is 0 Å². The Hall–Kier alpha value is -1.04. The van der Waals surface area contributed by atoms with Gasteiger partial charge in [-0.3, -0.25) is 9.59 Å². The number of rotatable bonds is 8. The van der Waals surface area contributed by atoms with Crippen LogP contribution in [0, 0.1) is 0 Å². The van der Waals surface area contributed by atoms with Gasteiger partial charge in [0.25, 0.3) is 0 Å². The number of hydrogen-bond acceptors (Lipinski definition) is 6. The van der Waals surface area contributed by atoms with E-state index in [0.29, 0.717) is 12.2 Å². The van der Waals surface area contributed by atoms with Crippen LogP contribution in [-0.2, 0) is 23.9 Å². The number of ether oxygens (including phenoxy) is 2. The lowest BCUT2D eigenvalue weighted by atomic mass is 10.2. The summed E-state index contributed by atoms with van der Waals surface area (Å²) < 4.78 is 8.93. The van der Waals surface area contributed by atoms with Crippen molar-refractivity contribution < 1.29 is 23.9 Å². The highest BCUT2D eigenvalue weighted by molar-refractivity contribution is 8.00. The zero-order valence-electron chi connectivity index (χ0n) is 9.43. The number of esters is 2. The Kier molecular flexibility index (Phi) is 8.61. The van der Waals surface area contributed by atoms with Crippen molar-refractivity contribution in [3.05, 3.63) is 0 Å². The van der Waals surface area contributed by atoms with E-state index in [-0.39, 0.29) is 30.0 Å². The van der Waals surface area contributed by atoms with Gasteiger partial charge in [0.1, 0.15) is 6.29 Å². The Morgan fingerprint density at radius 1 is 1.19 bits per heavy atom. The fourth-order valence-electron chi connectivity index (χ4n) is 0.949. The molecule has 0 aliphatic carbocycles. The first-order chi connectivity index (χ1) is 7.63. The van der Waals surface area contributed by atoms with Crippen molar-refractivity contribution in [3.63, 3.8) is 0 Å². The summed E-state index contributed by atoms with van der Waals surface area (Å²) in [5, 5.41) is -0.274. The highest BCUT2D eigenvalue weighted by Crippen LogP contribution is 2.16. The molecule has 0 heterocycles. The van der Waals surface area contributed by atoms with Gasteiger partial charge >= 0.3 is 11.9 Å². The number of carbonyl (C=O) groups excluding carboxylic acids is 3. The Labute approximate surface area is 98.9 Å². The molecule has 0 N–H and O–H groups in total. The maximum Gasteiger partial charge on any atom is 0.306 e. The largest absolute Gasteiger partial charge is 0.469 e. The highest BCUT2D eigenvalue weighted by atomic mass is 32.2. The smallest absolute Gasteiger partial charge is 0.306 e. The van der Waals surface area contributed by atoms with E-state index in [1.165, 1.54) is 26.0 Å². The molecule has 0 bridgehead atoms. The topological polar surface area (TPSA) is 69.7 Å². The minimum Gasteiger partial charge on any atom is -0.469 e. The first-order valence-corrected chi connectivity index (χ1v) is 5.89. The van der Waals surface area contributed by atoms with E-state index < -0.39 is 0 Å². The van der Waals surface area contributed by atoms with E-state index in [1.807, 2.05) is 0 Å². The molecule has 92 valence electrons. The molecule has 0 aromatic rings. The highest BCUT2D eigenvalue weighted by Gasteiger charge is 2.12. The Morgan fingerprint density at radius 3 is 2.25 bits per heavy atom. The molecule has 16 heavy (non-hydrogen) atoms. The molecule has 0 spiro atoms. The van der Waals surface area contributed by atoms with Gasteiger partial charge in [0.05, 0.1) is 25.9 Å². The number of carbonyl (C=O) groups is 3. The average Bonchev–Trinajstić information content (AvgIpc) is 2.32. The van der Waals surface area contributed by atoms with Crippen LogP contribution < -0.4 is 0 Å². The third-order valence-corrected chi connectivity index (χ3v) is 3.09. The zero-order chi connectivity index (χ0) is 12.4. The van der Waals surface area contributed by atoms with Gasteiger partial charge in [0, 0.05) is 12.2 Å². The van der Waals surface area contributed by atoms with Crippen LogP contribution in [0.5, 0.6) is 0 Å². The summed E-state index contributed by atoms with van der Waals surface area (Å²) in [6.07, 6.45) is 1.70. The van der Waals surface area contributed by atoms with Crippen molar-refractivity contribution in [1.29, 1.82) is 0 Å². The van der Waals surface area contributed by atoms with Crippen LogP contribution in [0.3, 0.4) is 0 Å². The SMILES string of the molecule is COC(=O)CCSC(C=O)CCC(=O)OC. The molecule has 0 fully saturated rings. The summed E-state index contributed by atoms with van der Waals surface area (Å²) in [7, 11) is 2.63. The maximum absolute atomic E-state index is 10.8. The molecule has 0 aliphatic rings. The standard InChI is InChI=1S/C10H16O5S/c1-14-9(12)4-3-8(7-11)16-6-5-10(13)15-2/h7-8H,3-6H2,1-2H3. The number of aldehydes is 1. The molecular weight excluding hydrogens is 232 g/mol. The summed E-state index contributed by atoms with van der Waals surface area (Å²) >= 11 is 1.34. The zero-order valence-corrected chi connectivity index (χ0v) is 10.2. The van der Waals surface area contributed by atoms with Gasteiger partial charge in [0.15, 0.2) is 0 Å². The summed E-state index contributed by atoms with van der Waals surface area (Å²) in [6, 6.07) is 0. The molecule has 5 nitrogen and oxygen atoms in total. The van der Waals surface area contributed by atoms with Crippen molar-refractivity contribution in [2.45, 2.75) is 24.5 Å². The van der Waals surface area contributed by atoms with Crippen molar-refractivity contribution in [3.8, 4) is 0 Å². The molecule has 0 radical (unpaired) electrons. The monoisotopic (exact) mass is 248 g/mol. The third-order valence-electron chi connectivity index (χ3n) is 1.88. The molecule has 6 heteroatoms. The molecule has 0 saturated carbocycles. The summed E-state index contributed by atoms with van der Waals surface area (Å²) in [6.45, 7) is 0. The molecule has 0 rings (SSSR count). The van der Waals surface area contributed by atoms with E-state index in [1.54, 1.807) is 0 Å². The lowest BCUT2D eigenvalue weighted by Gasteiger charge is -2.08. The molecule has 0 amide bonds. The summed E-state index contributed by atoms with van der Waals surface area (Å²) in [5.74, 6) is -0.123. The van der Waals surface area contributed by atoms with Crippen LogP contribution >= 0.6 is 11.8 Å². The second kappa shape index (κ2) is 9.21. The van der Waals surface area contributed by atoms with Gasteiger partial charge in [-0.2, -0.15) is 11.8 Å². The van der Waals surface area contributed by atoms with Gasteiger partial charge in [-0.1, -0.05) is 0 Å². The molecule has 1 atom stereocenters. The summed E-state index contributed by atoms with van der Waals surface area (Å²) in [4.78, 5) is 32.3. The minimum atomic E-state index is -0.333. The predicted molar refractivity (Wildman–Crippen MR) is 60.2 cm³/mol.